The number of carbonyl (C=O) groups is 1. The van der Waals surface area contributed by atoms with Crippen LogP contribution in [-0.4, -0.2) is 46.0 Å². The minimum absolute atomic E-state index is 0.0524. The minimum Gasteiger partial charge on any atom is -0.352 e. The monoisotopic (exact) mass is 530 g/mol. The van der Waals surface area contributed by atoms with Crippen LogP contribution >= 0.6 is 0 Å². The van der Waals surface area contributed by atoms with Gasteiger partial charge in [-0.15, -0.1) is 0 Å². The van der Waals surface area contributed by atoms with E-state index < -0.39 is 11.6 Å². The fraction of sp³-hybridized carbons (Fsp3) is 0.355. The molecule has 6 rings (SSSR count). The normalized spacial score (nSPS) is 20.7. The quantitative estimate of drug-likeness (QED) is 0.344. The van der Waals surface area contributed by atoms with Gasteiger partial charge < -0.3 is 15.2 Å². The average molecular weight is 531 g/mol. The Bertz CT molecular complexity index is 1560. The zero-order valence-corrected chi connectivity index (χ0v) is 21.9. The molecule has 3 aromatic carbocycles. The number of fused-ring (bicyclic) bond motifs is 1. The number of hydrogen-bond acceptors (Lipinski definition) is 3. The molecule has 8 heteroatoms. The number of likely N-dealkylation sites (tertiary alicyclic amines) is 1. The molecule has 2 fully saturated rings. The molecule has 1 saturated heterocycles. The van der Waals surface area contributed by atoms with Crippen molar-refractivity contribution >= 4 is 16.9 Å². The number of imidazole rings is 1. The molecule has 1 saturated carbocycles. The van der Waals surface area contributed by atoms with E-state index in [1.165, 1.54) is 11.6 Å². The molecule has 0 unspecified atom stereocenters. The SMILES string of the molecule is C[C@@H](CN1CCC(n2c(=O)[nH]c3cc(-c4ccc(F)c(F)c4)ccc32)CC1)NC(=O)[C@H]1C[C@@H]1c1ccccc1. The van der Waals surface area contributed by atoms with Crippen molar-refractivity contribution in [2.75, 3.05) is 19.6 Å². The van der Waals surface area contributed by atoms with Crippen molar-refractivity contribution in [1.29, 1.82) is 0 Å². The largest absolute Gasteiger partial charge is 0.352 e. The van der Waals surface area contributed by atoms with Gasteiger partial charge in [-0.1, -0.05) is 42.5 Å². The van der Waals surface area contributed by atoms with Gasteiger partial charge in [-0.05, 0) is 73.1 Å². The van der Waals surface area contributed by atoms with Gasteiger partial charge in [0.05, 0.1) is 11.0 Å². The molecule has 4 aromatic rings. The van der Waals surface area contributed by atoms with Gasteiger partial charge in [0, 0.05) is 37.6 Å². The molecular weight excluding hydrogens is 498 g/mol. The van der Waals surface area contributed by atoms with Crippen molar-refractivity contribution in [2.24, 2.45) is 5.92 Å². The van der Waals surface area contributed by atoms with Crippen LogP contribution < -0.4 is 11.0 Å². The summed E-state index contributed by atoms with van der Waals surface area (Å²) in [5, 5.41) is 3.20. The topological polar surface area (TPSA) is 70.1 Å². The average Bonchev–Trinajstić information content (AvgIpc) is 3.67. The van der Waals surface area contributed by atoms with E-state index in [0.717, 1.165) is 56.5 Å². The van der Waals surface area contributed by atoms with E-state index in [1.807, 2.05) is 41.0 Å². The molecule has 0 spiro atoms. The fourth-order valence-corrected chi connectivity index (χ4v) is 6.05. The molecule has 1 amide bonds. The van der Waals surface area contributed by atoms with Gasteiger partial charge in [0.25, 0.3) is 0 Å². The zero-order chi connectivity index (χ0) is 27.1. The molecule has 1 aromatic heterocycles. The van der Waals surface area contributed by atoms with Crippen LogP contribution in [0.25, 0.3) is 22.2 Å². The van der Waals surface area contributed by atoms with Crippen LogP contribution in [0.3, 0.4) is 0 Å². The smallest absolute Gasteiger partial charge is 0.326 e. The standard InChI is InChI=1S/C31H32F2N4O2/c1-19(34-30(38)25-17-24(25)20-5-3-2-4-6-20)18-36-13-11-23(12-14-36)37-29-10-8-22(16-28(29)35-31(37)39)21-7-9-26(32)27(33)15-21/h2-10,15-16,19,23-25H,11-14,17-18H2,1H3,(H,34,38)(H,35,39)/t19-,24+,25-/m0/s1. The summed E-state index contributed by atoms with van der Waals surface area (Å²) < 4.78 is 28.9. The molecule has 2 heterocycles. The predicted molar refractivity (Wildman–Crippen MR) is 148 cm³/mol. The first-order valence-corrected chi connectivity index (χ1v) is 13.6. The van der Waals surface area contributed by atoms with E-state index in [1.54, 1.807) is 0 Å². The Morgan fingerprint density at radius 1 is 1.00 bits per heavy atom. The lowest BCUT2D eigenvalue weighted by Gasteiger charge is -2.34. The van der Waals surface area contributed by atoms with Crippen molar-refractivity contribution in [3.05, 3.63) is 94.4 Å². The summed E-state index contributed by atoms with van der Waals surface area (Å²) in [4.78, 5) is 30.9. The van der Waals surface area contributed by atoms with E-state index in [0.29, 0.717) is 22.6 Å². The first-order valence-electron chi connectivity index (χ1n) is 13.6. The number of aromatic nitrogens is 2. The van der Waals surface area contributed by atoms with Crippen LogP contribution in [0.15, 0.2) is 71.5 Å². The summed E-state index contributed by atoms with van der Waals surface area (Å²) in [6.07, 6.45) is 2.57. The highest BCUT2D eigenvalue weighted by molar-refractivity contribution is 5.83. The Morgan fingerprint density at radius 2 is 1.72 bits per heavy atom. The van der Waals surface area contributed by atoms with Crippen molar-refractivity contribution in [3.8, 4) is 11.1 Å². The molecule has 2 N–H and O–H groups in total. The summed E-state index contributed by atoms with van der Waals surface area (Å²) in [5.41, 5.74) is 3.82. The number of rotatable bonds is 7. The van der Waals surface area contributed by atoms with Gasteiger partial charge in [-0.3, -0.25) is 9.36 Å². The number of H-pyrrole nitrogens is 1. The van der Waals surface area contributed by atoms with Gasteiger partial charge >= 0.3 is 5.69 Å². The maximum absolute atomic E-state index is 13.7. The molecule has 39 heavy (non-hydrogen) atoms. The Morgan fingerprint density at radius 3 is 2.46 bits per heavy atom. The van der Waals surface area contributed by atoms with Gasteiger partial charge in [0.2, 0.25) is 5.91 Å². The first kappa shape index (κ1) is 25.5. The highest BCUT2D eigenvalue weighted by atomic mass is 19.2. The molecule has 1 aliphatic carbocycles. The van der Waals surface area contributed by atoms with Crippen LogP contribution in [0.2, 0.25) is 0 Å². The second kappa shape index (κ2) is 10.4. The van der Waals surface area contributed by atoms with Crippen LogP contribution in [0, 0.1) is 17.6 Å². The molecule has 6 nitrogen and oxygen atoms in total. The fourth-order valence-electron chi connectivity index (χ4n) is 6.05. The number of hydrogen-bond donors (Lipinski definition) is 2. The molecule has 0 bridgehead atoms. The predicted octanol–water partition coefficient (Wildman–Crippen LogP) is 5.22. The number of amides is 1. The molecule has 3 atom stereocenters. The maximum atomic E-state index is 13.7. The van der Waals surface area contributed by atoms with Crippen LogP contribution in [0.1, 0.15) is 43.7 Å². The highest BCUT2D eigenvalue weighted by Gasteiger charge is 2.44. The number of piperidine rings is 1. The molecule has 202 valence electrons. The third kappa shape index (κ3) is 5.26. The summed E-state index contributed by atoms with van der Waals surface area (Å²) in [6.45, 7) is 4.51. The number of halogens is 2. The van der Waals surface area contributed by atoms with Gasteiger partial charge in [-0.25, -0.2) is 13.6 Å². The van der Waals surface area contributed by atoms with E-state index in [-0.39, 0.29) is 29.6 Å². The maximum Gasteiger partial charge on any atom is 0.326 e. The van der Waals surface area contributed by atoms with Gasteiger partial charge in [-0.2, -0.15) is 0 Å². The number of benzene rings is 3. The lowest BCUT2D eigenvalue weighted by molar-refractivity contribution is -0.123. The second-order valence-electron chi connectivity index (χ2n) is 11.0. The number of nitrogens with zero attached hydrogens (tertiary/aromatic N) is 2. The number of nitrogens with one attached hydrogen (secondary N) is 2. The molecule has 0 radical (unpaired) electrons. The van der Waals surface area contributed by atoms with Crippen molar-refractivity contribution in [2.45, 2.75) is 44.2 Å². The third-order valence-electron chi connectivity index (χ3n) is 8.17. The van der Waals surface area contributed by atoms with Crippen LogP contribution in [0.4, 0.5) is 8.78 Å². The number of aromatic amines is 1. The van der Waals surface area contributed by atoms with Crippen molar-refractivity contribution < 1.29 is 13.6 Å². The van der Waals surface area contributed by atoms with Crippen molar-refractivity contribution in [3.63, 3.8) is 0 Å². The second-order valence-corrected chi connectivity index (χ2v) is 11.0. The summed E-state index contributed by atoms with van der Waals surface area (Å²) in [6, 6.07) is 19.7. The summed E-state index contributed by atoms with van der Waals surface area (Å²) in [5.74, 6) is -1.25. The zero-order valence-electron chi connectivity index (χ0n) is 21.9. The molecule has 2 aliphatic rings. The lowest BCUT2D eigenvalue weighted by atomic mass is 10.0. The van der Waals surface area contributed by atoms with E-state index in [2.05, 4.69) is 34.3 Å². The van der Waals surface area contributed by atoms with Gasteiger partial charge in [0.15, 0.2) is 11.6 Å². The Kier molecular flexibility index (Phi) is 6.81. The Balaban J connectivity index is 1.05. The third-order valence-corrected chi connectivity index (χ3v) is 8.17. The Hall–Kier alpha value is -3.78. The first-order chi connectivity index (χ1) is 18.9. The minimum atomic E-state index is -0.900. The van der Waals surface area contributed by atoms with E-state index in [9.17, 15) is 18.4 Å². The molecule has 1 aliphatic heterocycles. The highest BCUT2D eigenvalue weighted by Crippen LogP contribution is 2.47. The van der Waals surface area contributed by atoms with Gasteiger partial charge in [0.1, 0.15) is 0 Å². The number of carbonyl (C=O) groups excluding carboxylic acids is 1. The summed E-state index contributed by atoms with van der Waals surface area (Å²) in [7, 11) is 0. The lowest BCUT2D eigenvalue weighted by Crippen LogP contribution is -2.45. The van der Waals surface area contributed by atoms with Crippen LogP contribution in [0.5, 0.6) is 0 Å². The Labute approximate surface area is 225 Å². The molecular formula is C31H32F2N4O2. The van der Waals surface area contributed by atoms with Crippen LogP contribution in [-0.2, 0) is 4.79 Å². The van der Waals surface area contributed by atoms with Crippen molar-refractivity contribution in [1.82, 2.24) is 19.8 Å². The van der Waals surface area contributed by atoms with E-state index >= 15 is 0 Å². The van der Waals surface area contributed by atoms with E-state index in [4.69, 9.17) is 0 Å². The summed E-state index contributed by atoms with van der Waals surface area (Å²) >= 11 is 0.